The van der Waals surface area contributed by atoms with Crippen LogP contribution in [0, 0.1) is 18.8 Å². The molecule has 0 unspecified atom stereocenters. The van der Waals surface area contributed by atoms with Gasteiger partial charge in [0.15, 0.2) is 0 Å². The van der Waals surface area contributed by atoms with Crippen LogP contribution < -0.4 is 10.1 Å². The molecular weight excluding hydrogens is 190 g/mol. The van der Waals surface area contributed by atoms with Crippen molar-refractivity contribution in [1.29, 1.82) is 0 Å². The highest BCUT2D eigenvalue weighted by Gasteiger charge is 2.05. The van der Waals surface area contributed by atoms with E-state index in [1.807, 2.05) is 13.8 Å². The molecule has 80 valence electrons. The van der Waals surface area contributed by atoms with Crippen LogP contribution in [0.5, 0.6) is 5.88 Å². The van der Waals surface area contributed by atoms with Crippen molar-refractivity contribution in [3.05, 3.63) is 11.9 Å². The van der Waals surface area contributed by atoms with E-state index in [0.717, 1.165) is 24.3 Å². The zero-order chi connectivity index (χ0) is 11.1. The van der Waals surface area contributed by atoms with Crippen LogP contribution in [0.15, 0.2) is 6.33 Å². The largest absolute Gasteiger partial charge is 0.481 e. The van der Waals surface area contributed by atoms with Gasteiger partial charge in [-0.25, -0.2) is 9.97 Å². The van der Waals surface area contributed by atoms with E-state index >= 15 is 0 Å². The van der Waals surface area contributed by atoms with Crippen LogP contribution >= 0.6 is 0 Å². The zero-order valence-electron chi connectivity index (χ0n) is 9.29. The molecule has 0 aliphatic rings. The van der Waals surface area contributed by atoms with Gasteiger partial charge < -0.3 is 10.1 Å². The van der Waals surface area contributed by atoms with Crippen LogP contribution in [0.2, 0.25) is 0 Å². The highest BCUT2D eigenvalue weighted by Crippen LogP contribution is 2.19. The molecule has 0 aliphatic heterocycles. The second-order valence-corrected chi connectivity index (χ2v) is 2.96. The Morgan fingerprint density at radius 2 is 2.27 bits per heavy atom. The van der Waals surface area contributed by atoms with Crippen LogP contribution in [-0.4, -0.2) is 23.6 Å². The molecular formula is C11H15N3O. The monoisotopic (exact) mass is 205 g/mol. The van der Waals surface area contributed by atoms with Crippen molar-refractivity contribution in [2.24, 2.45) is 0 Å². The van der Waals surface area contributed by atoms with Crippen molar-refractivity contribution in [3.8, 4) is 17.7 Å². The van der Waals surface area contributed by atoms with Gasteiger partial charge in [-0.3, -0.25) is 0 Å². The van der Waals surface area contributed by atoms with Gasteiger partial charge in [0.1, 0.15) is 12.1 Å². The number of nitrogens with one attached hydrogen (secondary N) is 1. The maximum Gasteiger partial charge on any atom is 0.221 e. The van der Waals surface area contributed by atoms with Crippen molar-refractivity contribution < 1.29 is 4.74 Å². The van der Waals surface area contributed by atoms with Gasteiger partial charge in [0.05, 0.1) is 12.7 Å². The van der Waals surface area contributed by atoms with Gasteiger partial charge in [-0.1, -0.05) is 0 Å². The Labute approximate surface area is 90.1 Å². The molecule has 0 amide bonds. The van der Waals surface area contributed by atoms with Gasteiger partial charge in [-0.15, -0.1) is 11.8 Å². The maximum absolute atomic E-state index is 5.09. The number of nitrogens with zero attached hydrogens (tertiary/aromatic N) is 2. The summed E-state index contributed by atoms with van der Waals surface area (Å²) in [4.78, 5) is 8.13. The standard InChI is InChI=1S/C11H15N3O/c1-4-5-6-7-12-10-9(2)11(15-3)14-8-13-10/h8H,6-7H2,1-3H3,(H,12,13,14). The summed E-state index contributed by atoms with van der Waals surface area (Å²) in [6.07, 6.45) is 2.29. The number of anilines is 1. The first-order chi connectivity index (χ1) is 7.29. The summed E-state index contributed by atoms with van der Waals surface area (Å²) < 4.78 is 5.09. The summed E-state index contributed by atoms with van der Waals surface area (Å²) in [5, 5.41) is 3.19. The van der Waals surface area contributed by atoms with Crippen molar-refractivity contribution in [2.75, 3.05) is 19.0 Å². The second-order valence-electron chi connectivity index (χ2n) is 2.96. The Morgan fingerprint density at radius 3 is 2.93 bits per heavy atom. The SMILES string of the molecule is CC#CCCNc1ncnc(OC)c1C. The van der Waals surface area contributed by atoms with Gasteiger partial charge in [0.2, 0.25) is 5.88 Å². The van der Waals surface area contributed by atoms with Crippen molar-refractivity contribution >= 4 is 5.82 Å². The first-order valence-corrected chi connectivity index (χ1v) is 4.78. The quantitative estimate of drug-likeness (QED) is 0.599. The van der Waals surface area contributed by atoms with E-state index in [1.54, 1.807) is 7.11 Å². The number of hydrogen-bond donors (Lipinski definition) is 1. The fourth-order valence-corrected chi connectivity index (χ4v) is 1.19. The minimum atomic E-state index is 0.606. The molecule has 1 rings (SSSR count). The normalized spacial score (nSPS) is 9.00. The van der Waals surface area contributed by atoms with Crippen LogP contribution in [0.1, 0.15) is 18.9 Å². The fourth-order valence-electron chi connectivity index (χ4n) is 1.19. The summed E-state index contributed by atoms with van der Waals surface area (Å²) in [5.74, 6) is 7.23. The molecule has 1 N–H and O–H groups in total. The van der Waals surface area contributed by atoms with E-state index in [9.17, 15) is 0 Å². The van der Waals surface area contributed by atoms with Crippen molar-refractivity contribution in [1.82, 2.24) is 9.97 Å². The predicted molar refractivity (Wildman–Crippen MR) is 59.9 cm³/mol. The molecule has 15 heavy (non-hydrogen) atoms. The lowest BCUT2D eigenvalue weighted by Gasteiger charge is -2.08. The summed E-state index contributed by atoms with van der Waals surface area (Å²) >= 11 is 0. The lowest BCUT2D eigenvalue weighted by Crippen LogP contribution is -2.06. The highest BCUT2D eigenvalue weighted by molar-refractivity contribution is 5.47. The van der Waals surface area contributed by atoms with E-state index in [2.05, 4.69) is 27.1 Å². The average molecular weight is 205 g/mol. The van der Waals surface area contributed by atoms with Crippen molar-refractivity contribution in [2.45, 2.75) is 20.3 Å². The minimum Gasteiger partial charge on any atom is -0.481 e. The number of methoxy groups -OCH3 is 1. The number of hydrogen-bond acceptors (Lipinski definition) is 4. The molecule has 0 saturated heterocycles. The molecule has 0 bridgehead atoms. The lowest BCUT2D eigenvalue weighted by molar-refractivity contribution is 0.393. The fraction of sp³-hybridized carbons (Fsp3) is 0.455. The number of aromatic nitrogens is 2. The second kappa shape index (κ2) is 5.86. The molecule has 0 spiro atoms. The molecule has 0 fully saturated rings. The smallest absolute Gasteiger partial charge is 0.221 e. The molecule has 1 aromatic rings. The topological polar surface area (TPSA) is 47.0 Å². The van der Waals surface area contributed by atoms with Crippen LogP contribution in [-0.2, 0) is 0 Å². The zero-order valence-corrected chi connectivity index (χ0v) is 9.29. The van der Waals surface area contributed by atoms with E-state index < -0.39 is 0 Å². The summed E-state index contributed by atoms with van der Waals surface area (Å²) in [7, 11) is 1.60. The minimum absolute atomic E-state index is 0.606. The Kier molecular flexibility index (Phi) is 4.42. The first-order valence-electron chi connectivity index (χ1n) is 4.78. The summed E-state index contributed by atoms with van der Waals surface area (Å²) in [6.45, 7) is 4.54. The summed E-state index contributed by atoms with van der Waals surface area (Å²) in [5.41, 5.74) is 0.921. The Morgan fingerprint density at radius 1 is 1.47 bits per heavy atom. The molecule has 0 saturated carbocycles. The number of ether oxygens (including phenoxy) is 1. The van der Waals surface area contributed by atoms with Crippen LogP contribution in [0.25, 0.3) is 0 Å². The van der Waals surface area contributed by atoms with Gasteiger partial charge in [0.25, 0.3) is 0 Å². The third-order valence-corrected chi connectivity index (χ3v) is 1.95. The maximum atomic E-state index is 5.09. The Bertz CT molecular complexity index is 379. The van der Waals surface area contributed by atoms with Gasteiger partial charge in [0, 0.05) is 13.0 Å². The predicted octanol–water partition coefficient (Wildman–Crippen LogP) is 1.62. The van der Waals surface area contributed by atoms with E-state index in [-0.39, 0.29) is 0 Å². The molecule has 4 heteroatoms. The van der Waals surface area contributed by atoms with Gasteiger partial charge in [-0.05, 0) is 13.8 Å². The van der Waals surface area contributed by atoms with E-state index in [1.165, 1.54) is 6.33 Å². The summed E-state index contributed by atoms with van der Waals surface area (Å²) in [6, 6.07) is 0. The van der Waals surface area contributed by atoms with E-state index in [4.69, 9.17) is 4.74 Å². The van der Waals surface area contributed by atoms with E-state index in [0.29, 0.717) is 5.88 Å². The molecule has 1 heterocycles. The first kappa shape index (κ1) is 11.3. The Hall–Kier alpha value is -1.76. The third-order valence-electron chi connectivity index (χ3n) is 1.95. The molecule has 4 nitrogen and oxygen atoms in total. The number of rotatable bonds is 4. The molecule has 0 atom stereocenters. The van der Waals surface area contributed by atoms with Crippen molar-refractivity contribution in [3.63, 3.8) is 0 Å². The molecule has 1 aromatic heterocycles. The van der Waals surface area contributed by atoms with Gasteiger partial charge in [-0.2, -0.15) is 0 Å². The van der Waals surface area contributed by atoms with Gasteiger partial charge >= 0.3 is 0 Å². The van der Waals surface area contributed by atoms with Crippen LogP contribution in [0.3, 0.4) is 0 Å². The molecule has 0 aliphatic carbocycles. The third kappa shape index (κ3) is 3.13. The average Bonchev–Trinajstić information content (AvgIpc) is 2.26. The molecule has 0 aromatic carbocycles. The lowest BCUT2D eigenvalue weighted by atomic mass is 10.3. The highest BCUT2D eigenvalue weighted by atomic mass is 16.5. The Balaban J connectivity index is 2.63. The molecule has 0 radical (unpaired) electrons. The van der Waals surface area contributed by atoms with Crippen LogP contribution in [0.4, 0.5) is 5.82 Å².